The summed E-state index contributed by atoms with van der Waals surface area (Å²) in [6, 6.07) is 0. The third-order valence-electron chi connectivity index (χ3n) is 6.00. The second kappa shape index (κ2) is 3.16. The van der Waals surface area contributed by atoms with E-state index >= 15 is 0 Å². The first-order valence-electron chi connectivity index (χ1n) is 6.88. The molecule has 17 heavy (non-hydrogen) atoms. The summed E-state index contributed by atoms with van der Waals surface area (Å²) in [6.07, 6.45) is 5.24. The summed E-state index contributed by atoms with van der Waals surface area (Å²) >= 11 is 0. The third-order valence-corrected chi connectivity index (χ3v) is 6.00. The average molecular weight is 236 g/mol. The van der Waals surface area contributed by atoms with Gasteiger partial charge in [0.1, 0.15) is 11.2 Å². The molecule has 1 N–H and O–H groups in total. The normalized spacial score (nSPS) is 56.9. The highest BCUT2D eigenvalue weighted by Gasteiger charge is 2.79. The van der Waals surface area contributed by atoms with E-state index in [-0.39, 0.29) is 22.7 Å². The van der Waals surface area contributed by atoms with Crippen LogP contribution in [0, 0.1) is 11.3 Å². The van der Waals surface area contributed by atoms with Crippen LogP contribution in [0.4, 0.5) is 0 Å². The smallest absolute Gasteiger partial charge is 0.121 e. The maximum Gasteiger partial charge on any atom is 0.121 e. The lowest BCUT2D eigenvalue weighted by molar-refractivity contribution is 0.00115. The van der Waals surface area contributed by atoms with E-state index in [0.29, 0.717) is 5.92 Å². The first-order valence-corrected chi connectivity index (χ1v) is 6.88. The zero-order valence-corrected chi connectivity index (χ0v) is 11.3. The Morgan fingerprint density at radius 2 is 1.94 bits per heavy atom. The van der Waals surface area contributed by atoms with E-state index in [1.165, 1.54) is 18.4 Å². The minimum absolute atomic E-state index is 0.0699. The van der Waals surface area contributed by atoms with Crippen molar-refractivity contribution in [3.8, 4) is 0 Å². The molecule has 2 heteroatoms. The Morgan fingerprint density at radius 1 is 1.29 bits per heavy atom. The fraction of sp³-hybridized carbons (Fsp3) is 0.867. The number of rotatable bonds is 1. The van der Waals surface area contributed by atoms with E-state index in [0.717, 1.165) is 19.3 Å². The Bertz CT molecular complexity index is 377. The van der Waals surface area contributed by atoms with Gasteiger partial charge in [-0.3, -0.25) is 0 Å². The van der Waals surface area contributed by atoms with Crippen LogP contribution in [0.5, 0.6) is 0 Å². The number of hydrogen-bond donors (Lipinski definition) is 1. The van der Waals surface area contributed by atoms with Crippen molar-refractivity contribution in [2.75, 3.05) is 0 Å². The summed E-state index contributed by atoms with van der Waals surface area (Å²) in [5, 5.41) is 10.2. The summed E-state index contributed by atoms with van der Waals surface area (Å²) in [5.41, 5.74) is 1.19. The standard InChI is InChI=1S/C15H24O2/c1-10(2)11-5-7-13(3)8-6-12(16)14(4)15(13,9-11)17-14/h11-12,16H,1,5-9H2,2-4H3/t11-,12+,13+,14-,15+/m1/s1. The fourth-order valence-corrected chi connectivity index (χ4v) is 4.51. The quantitative estimate of drug-likeness (QED) is 0.560. The van der Waals surface area contributed by atoms with Crippen molar-refractivity contribution in [3.63, 3.8) is 0 Å². The first kappa shape index (κ1) is 11.7. The minimum Gasteiger partial charge on any atom is -0.390 e. The van der Waals surface area contributed by atoms with Gasteiger partial charge in [-0.05, 0) is 57.3 Å². The second-order valence-electron chi connectivity index (χ2n) is 6.94. The molecule has 0 aromatic heterocycles. The van der Waals surface area contributed by atoms with Crippen molar-refractivity contribution in [1.82, 2.24) is 0 Å². The number of epoxide rings is 1. The topological polar surface area (TPSA) is 32.8 Å². The highest BCUT2D eigenvalue weighted by atomic mass is 16.6. The molecule has 1 saturated heterocycles. The molecule has 96 valence electrons. The first-order chi connectivity index (χ1) is 7.85. The molecule has 0 aromatic rings. The minimum atomic E-state index is -0.284. The molecule has 3 rings (SSSR count). The van der Waals surface area contributed by atoms with Crippen molar-refractivity contribution in [1.29, 1.82) is 0 Å². The van der Waals surface area contributed by atoms with Gasteiger partial charge in [-0.25, -0.2) is 0 Å². The third kappa shape index (κ3) is 1.23. The number of aliphatic hydroxyl groups excluding tert-OH is 1. The number of ether oxygens (including phenoxy) is 1. The molecule has 3 fully saturated rings. The molecule has 0 radical (unpaired) electrons. The van der Waals surface area contributed by atoms with Crippen LogP contribution in [0.15, 0.2) is 12.2 Å². The summed E-state index contributed by atoms with van der Waals surface area (Å²) < 4.78 is 6.16. The highest BCUT2D eigenvalue weighted by Crippen LogP contribution is 2.71. The molecule has 0 bridgehead atoms. The molecule has 2 saturated carbocycles. The fourth-order valence-electron chi connectivity index (χ4n) is 4.51. The summed E-state index contributed by atoms with van der Waals surface area (Å²) in [5.74, 6) is 0.579. The molecular weight excluding hydrogens is 212 g/mol. The van der Waals surface area contributed by atoms with Gasteiger partial charge in [0.05, 0.1) is 6.10 Å². The monoisotopic (exact) mass is 236 g/mol. The predicted octanol–water partition coefficient (Wildman–Crippen LogP) is 3.05. The summed E-state index contributed by atoms with van der Waals surface area (Å²) in [4.78, 5) is 0. The van der Waals surface area contributed by atoms with Gasteiger partial charge in [0, 0.05) is 0 Å². The SMILES string of the molecule is C=C(C)[C@@H]1CC[C@@]2(C)CC[C@H](O)[C@@]3(C)O[C@@]23C1. The van der Waals surface area contributed by atoms with Crippen molar-refractivity contribution in [2.24, 2.45) is 11.3 Å². The molecule has 2 nitrogen and oxygen atoms in total. The van der Waals surface area contributed by atoms with Crippen LogP contribution in [-0.4, -0.2) is 22.4 Å². The van der Waals surface area contributed by atoms with Gasteiger partial charge in [0.15, 0.2) is 0 Å². The van der Waals surface area contributed by atoms with E-state index < -0.39 is 0 Å². The van der Waals surface area contributed by atoms with Crippen LogP contribution in [0.1, 0.15) is 52.9 Å². The largest absolute Gasteiger partial charge is 0.390 e. The zero-order chi connectivity index (χ0) is 12.5. The maximum absolute atomic E-state index is 10.2. The van der Waals surface area contributed by atoms with Crippen LogP contribution >= 0.6 is 0 Å². The highest BCUT2D eigenvalue weighted by molar-refractivity contribution is 5.29. The average Bonchev–Trinajstić information content (AvgIpc) is 2.88. The molecule has 0 aromatic carbocycles. The number of allylic oxidation sites excluding steroid dienone is 1. The van der Waals surface area contributed by atoms with Crippen molar-refractivity contribution < 1.29 is 9.84 Å². The van der Waals surface area contributed by atoms with Crippen LogP contribution in [0.25, 0.3) is 0 Å². The van der Waals surface area contributed by atoms with E-state index in [4.69, 9.17) is 4.74 Å². The van der Waals surface area contributed by atoms with Crippen LogP contribution in [-0.2, 0) is 4.74 Å². The molecular formula is C15H24O2. The van der Waals surface area contributed by atoms with Gasteiger partial charge in [0.2, 0.25) is 0 Å². The van der Waals surface area contributed by atoms with Crippen LogP contribution in [0.3, 0.4) is 0 Å². The van der Waals surface area contributed by atoms with Gasteiger partial charge >= 0.3 is 0 Å². The number of hydrogen-bond acceptors (Lipinski definition) is 2. The van der Waals surface area contributed by atoms with E-state index in [1.807, 2.05) is 0 Å². The molecule has 5 atom stereocenters. The van der Waals surface area contributed by atoms with Crippen molar-refractivity contribution >= 4 is 0 Å². The maximum atomic E-state index is 10.2. The predicted molar refractivity (Wildman–Crippen MR) is 67.7 cm³/mol. The van der Waals surface area contributed by atoms with Gasteiger partial charge in [0.25, 0.3) is 0 Å². The van der Waals surface area contributed by atoms with E-state index in [2.05, 4.69) is 27.4 Å². The van der Waals surface area contributed by atoms with Crippen molar-refractivity contribution in [3.05, 3.63) is 12.2 Å². The van der Waals surface area contributed by atoms with Crippen LogP contribution in [0.2, 0.25) is 0 Å². The lowest BCUT2D eigenvalue weighted by atomic mass is 9.54. The summed E-state index contributed by atoms with van der Waals surface area (Å²) in [6.45, 7) is 10.7. The lowest BCUT2D eigenvalue weighted by Crippen LogP contribution is -2.53. The van der Waals surface area contributed by atoms with Gasteiger partial charge in [-0.15, -0.1) is 0 Å². The Kier molecular flexibility index (Phi) is 2.18. The Labute approximate surface area is 104 Å². The molecule has 1 heterocycles. The van der Waals surface area contributed by atoms with E-state index in [9.17, 15) is 5.11 Å². The molecule has 1 aliphatic heterocycles. The van der Waals surface area contributed by atoms with Crippen molar-refractivity contribution in [2.45, 2.75) is 70.2 Å². The molecule has 2 aliphatic carbocycles. The lowest BCUT2D eigenvalue weighted by Gasteiger charge is -2.48. The Morgan fingerprint density at radius 3 is 2.59 bits per heavy atom. The molecule has 1 spiro atoms. The molecule has 0 unspecified atom stereocenters. The van der Waals surface area contributed by atoms with Gasteiger partial charge in [-0.2, -0.15) is 0 Å². The van der Waals surface area contributed by atoms with Gasteiger partial charge in [-0.1, -0.05) is 19.1 Å². The Hall–Kier alpha value is -0.340. The summed E-state index contributed by atoms with van der Waals surface area (Å²) in [7, 11) is 0. The van der Waals surface area contributed by atoms with E-state index in [1.54, 1.807) is 0 Å². The molecule has 3 aliphatic rings. The Balaban J connectivity index is 1.94. The second-order valence-corrected chi connectivity index (χ2v) is 6.94. The zero-order valence-electron chi connectivity index (χ0n) is 11.3. The van der Waals surface area contributed by atoms with Crippen LogP contribution < -0.4 is 0 Å². The molecule has 0 amide bonds. The van der Waals surface area contributed by atoms with Gasteiger partial charge < -0.3 is 9.84 Å². The number of aliphatic hydroxyl groups is 1.